The minimum absolute atomic E-state index is 0.299. The van der Waals surface area contributed by atoms with Crippen LogP contribution in [-0.4, -0.2) is 19.7 Å². The van der Waals surface area contributed by atoms with Gasteiger partial charge in [0.2, 0.25) is 5.28 Å². The third-order valence-corrected chi connectivity index (χ3v) is 2.82. The van der Waals surface area contributed by atoms with E-state index >= 15 is 0 Å². The first kappa shape index (κ1) is 9.78. The lowest BCUT2D eigenvalue weighted by Gasteiger charge is -2.03. The second-order valence-corrected chi connectivity index (χ2v) is 4.49. The van der Waals surface area contributed by atoms with Crippen molar-refractivity contribution in [2.45, 2.75) is 25.7 Å². The van der Waals surface area contributed by atoms with Crippen LogP contribution in [0.25, 0.3) is 5.82 Å². The normalized spacial score (nSPS) is 15.4. The van der Waals surface area contributed by atoms with Gasteiger partial charge in [0.25, 0.3) is 0 Å². The van der Waals surface area contributed by atoms with Gasteiger partial charge < -0.3 is 0 Å². The Balaban J connectivity index is 2.06. The van der Waals surface area contributed by atoms with Crippen molar-refractivity contribution >= 4 is 11.6 Å². The molecule has 16 heavy (non-hydrogen) atoms. The topological polar surface area (TPSA) is 43.6 Å². The number of hydrogen-bond donors (Lipinski definition) is 0. The Kier molecular flexibility index (Phi) is 2.17. The standard InChI is InChI=1S/C11H11ClN4/c1-7-5-13-16(6-7)10-4-9(8-2-3-8)14-11(12)15-10/h4-6,8H,2-3H2,1H3. The van der Waals surface area contributed by atoms with E-state index in [0.29, 0.717) is 11.2 Å². The minimum Gasteiger partial charge on any atom is -0.223 e. The maximum absolute atomic E-state index is 5.92. The summed E-state index contributed by atoms with van der Waals surface area (Å²) < 4.78 is 1.73. The number of aryl methyl sites for hydroxylation is 1. The van der Waals surface area contributed by atoms with E-state index in [-0.39, 0.29) is 0 Å². The van der Waals surface area contributed by atoms with E-state index in [9.17, 15) is 0 Å². The Morgan fingerprint density at radius 3 is 2.81 bits per heavy atom. The molecule has 0 saturated heterocycles. The van der Waals surface area contributed by atoms with Crippen LogP contribution in [0.5, 0.6) is 0 Å². The van der Waals surface area contributed by atoms with Crippen LogP contribution in [0.2, 0.25) is 5.28 Å². The smallest absolute Gasteiger partial charge is 0.223 e. The Morgan fingerprint density at radius 1 is 1.38 bits per heavy atom. The molecule has 0 aliphatic heterocycles. The second kappa shape index (κ2) is 3.56. The van der Waals surface area contributed by atoms with Gasteiger partial charge in [-0.2, -0.15) is 10.1 Å². The largest absolute Gasteiger partial charge is 0.224 e. The van der Waals surface area contributed by atoms with Gasteiger partial charge in [-0.3, -0.25) is 0 Å². The lowest BCUT2D eigenvalue weighted by atomic mass is 10.3. The molecule has 0 unspecified atom stereocenters. The van der Waals surface area contributed by atoms with Crippen molar-refractivity contribution in [1.29, 1.82) is 0 Å². The third-order valence-electron chi connectivity index (χ3n) is 2.65. The fraction of sp³-hybridized carbons (Fsp3) is 0.364. The highest BCUT2D eigenvalue weighted by Crippen LogP contribution is 2.39. The Morgan fingerprint density at radius 2 is 2.19 bits per heavy atom. The molecule has 5 heteroatoms. The SMILES string of the molecule is Cc1cnn(-c2cc(C3CC3)nc(Cl)n2)c1. The molecule has 1 aliphatic rings. The first-order valence-electron chi connectivity index (χ1n) is 5.28. The number of nitrogens with zero attached hydrogens (tertiary/aromatic N) is 4. The fourth-order valence-electron chi connectivity index (χ4n) is 1.67. The summed E-state index contributed by atoms with van der Waals surface area (Å²) in [5, 5.41) is 4.51. The summed E-state index contributed by atoms with van der Waals surface area (Å²) in [7, 11) is 0. The molecule has 0 spiro atoms. The maximum Gasteiger partial charge on any atom is 0.224 e. The summed E-state index contributed by atoms with van der Waals surface area (Å²) in [6.07, 6.45) is 6.12. The van der Waals surface area contributed by atoms with Gasteiger partial charge in [-0.25, -0.2) is 9.67 Å². The predicted molar refractivity (Wildman–Crippen MR) is 60.9 cm³/mol. The second-order valence-electron chi connectivity index (χ2n) is 4.16. The van der Waals surface area contributed by atoms with E-state index in [1.54, 1.807) is 10.9 Å². The summed E-state index contributed by atoms with van der Waals surface area (Å²) in [6.45, 7) is 1.99. The Bertz CT molecular complexity index is 531. The number of halogens is 1. The molecule has 1 aliphatic carbocycles. The third kappa shape index (κ3) is 1.80. The van der Waals surface area contributed by atoms with Crippen LogP contribution in [0.4, 0.5) is 0 Å². The van der Waals surface area contributed by atoms with Crippen molar-refractivity contribution in [3.63, 3.8) is 0 Å². The van der Waals surface area contributed by atoms with Crippen LogP contribution >= 0.6 is 11.6 Å². The molecule has 2 aromatic rings. The van der Waals surface area contributed by atoms with Gasteiger partial charge in [-0.05, 0) is 36.9 Å². The van der Waals surface area contributed by atoms with Gasteiger partial charge in [0.1, 0.15) is 0 Å². The van der Waals surface area contributed by atoms with Gasteiger partial charge in [0, 0.05) is 18.2 Å². The molecule has 0 bridgehead atoms. The molecule has 4 nitrogen and oxygen atoms in total. The molecule has 1 fully saturated rings. The van der Waals surface area contributed by atoms with Crippen molar-refractivity contribution in [1.82, 2.24) is 19.7 Å². The molecular formula is C11H11ClN4. The predicted octanol–water partition coefficient (Wildman–Crippen LogP) is 2.50. The summed E-state index contributed by atoms with van der Waals surface area (Å²) in [5.41, 5.74) is 2.13. The molecule has 3 rings (SSSR count). The van der Waals surface area contributed by atoms with Crippen LogP contribution in [0.1, 0.15) is 30.0 Å². The van der Waals surface area contributed by atoms with Crippen LogP contribution in [0.3, 0.4) is 0 Å². The lowest BCUT2D eigenvalue weighted by molar-refractivity contribution is 0.827. The molecule has 0 amide bonds. The van der Waals surface area contributed by atoms with Gasteiger partial charge in [0.15, 0.2) is 5.82 Å². The monoisotopic (exact) mass is 234 g/mol. The lowest BCUT2D eigenvalue weighted by Crippen LogP contribution is -2.01. The maximum atomic E-state index is 5.92. The van der Waals surface area contributed by atoms with E-state index in [4.69, 9.17) is 11.6 Å². The molecule has 82 valence electrons. The number of hydrogen-bond acceptors (Lipinski definition) is 3. The zero-order chi connectivity index (χ0) is 11.1. The van der Waals surface area contributed by atoms with Gasteiger partial charge in [-0.15, -0.1) is 0 Å². The first-order chi connectivity index (χ1) is 7.72. The van der Waals surface area contributed by atoms with E-state index in [1.165, 1.54) is 12.8 Å². The molecule has 0 aromatic carbocycles. The molecule has 2 aromatic heterocycles. The number of aromatic nitrogens is 4. The van der Waals surface area contributed by atoms with Crippen molar-refractivity contribution in [3.8, 4) is 5.82 Å². The zero-order valence-corrected chi connectivity index (χ0v) is 9.65. The van der Waals surface area contributed by atoms with Crippen LogP contribution in [0, 0.1) is 6.92 Å². The van der Waals surface area contributed by atoms with E-state index in [0.717, 1.165) is 17.1 Å². The van der Waals surface area contributed by atoms with E-state index in [1.807, 2.05) is 19.2 Å². The highest BCUT2D eigenvalue weighted by Gasteiger charge is 2.26. The molecule has 0 atom stereocenters. The first-order valence-corrected chi connectivity index (χ1v) is 5.66. The summed E-state index contributed by atoms with van der Waals surface area (Å²) in [6, 6.07) is 1.97. The average Bonchev–Trinajstić information content (AvgIpc) is 3.01. The van der Waals surface area contributed by atoms with Crippen molar-refractivity contribution in [3.05, 3.63) is 35.0 Å². The Labute approximate surface area is 98.3 Å². The van der Waals surface area contributed by atoms with Crippen molar-refractivity contribution in [2.75, 3.05) is 0 Å². The Hall–Kier alpha value is -1.42. The summed E-state index contributed by atoms with van der Waals surface area (Å²) in [5.74, 6) is 1.31. The van der Waals surface area contributed by atoms with E-state index < -0.39 is 0 Å². The van der Waals surface area contributed by atoms with Gasteiger partial charge in [-0.1, -0.05) is 0 Å². The molecule has 1 saturated carbocycles. The number of rotatable bonds is 2. The van der Waals surface area contributed by atoms with Gasteiger partial charge in [0.05, 0.1) is 11.9 Å². The highest BCUT2D eigenvalue weighted by molar-refractivity contribution is 6.28. The summed E-state index contributed by atoms with van der Waals surface area (Å²) >= 11 is 5.92. The van der Waals surface area contributed by atoms with Crippen LogP contribution < -0.4 is 0 Å². The van der Waals surface area contributed by atoms with Crippen molar-refractivity contribution in [2.24, 2.45) is 0 Å². The zero-order valence-electron chi connectivity index (χ0n) is 8.89. The summed E-state index contributed by atoms with van der Waals surface area (Å²) in [4.78, 5) is 8.42. The molecule has 0 radical (unpaired) electrons. The van der Waals surface area contributed by atoms with Crippen LogP contribution in [-0.2, 0) is 0 Å². The fourth-order valence-corrected chi connectivity index (χ4v) is 1.85. The minimum atomic E-state index is 0.299. The average molecular weight is 235 g/mol. The quantitative estimate of drug-likeness (QED) is 0.750. The highest BCUT2D eigenvalue weighted by atomic mass is 35.5. The van der Waals surface area contributed by atoms with E-state index in [2.05, 4.69) is 15.1 Å². The molecular weight excluding hydrogens is 224 g/mol. The van der Waals surface area contributed by atoms with Crippen molar-refractivity contribution < 1.29 is 0 Å². The van der Waals surface area contributed by atoms with Crippen LogP contribution in [0.15, 0.2) is 18.5 Å². The molecule has 2 heterocycles. The van der Waals surface area contributed by atoms with Gasteiger partial charge >= 0.3 is 0 Å². The molecule has 0 N–H and O–H groups in total.